The van der Waals surface area contributed by atoms with Crippen molar-refractivity contribution in [2.75, 3.05) is 13.1 Å². The van der Waals surface area contributed by atoms with E-state index in [1.807, 2.05) is 23.2 Å². The fraction of sp³-hybridized carbons (Fsp3) is 0.368. The lowest BCUT2D eigenvalue weighted by atomic mass is 9.91. The van der Waals surface area contributed by atoms with Gasteiger partial charge in [-0.3, -0.25) is 4.98 Å². The van der Waals surface area contributed by atoms with Gasteiger partial charge in [-0.1, -0.05) is 35.3 Å². The summed E-state index contributed by atoms with van der Waals surface area (Å²) < 4.78 is 0. The molecule has 0 bridgehead atoms. The van der Waals surface area contributed by atoms with E-state index in [2.05, 4.69) is 16.4 Å². The minimum Gasteiger partial charge on any atom is -0.334 e. The predicted octanol–water partition coefficient (Wildman–Crippen LogP) is 4.55. The van der Waals surface area contributed by atoms with Gasteiger partial charge in [0.15, 0.2) is 0 Å². The monoisotopic (exact) mass is 377 g/mol. The van der Waals surface area contributed by atoms with Crippen molar-refractivity contribution in [2.24, 2.45) is 5.92 Å². The lowest BCUT2D eigenvalue weighted by Gasteiger charge is -2.32. The van der Waals surface area contributed by atoms with E-state index < -0.39 is 0 Å². The van der Waals surface area contributed by atoms with E-state index in [1.54, 1.807) is 18.3 Å². The first-order chi connectivity index (χ1) is 12.1. The van der Waals surface area contributed by atoms with Crippen LogP contribution >= 0.6 is 23.2 Å². The zero-order valence-corrected chi connectivity index (χ0v) is 15.4. The number of pyridine rings is 1. The van der Waals surface area contributed by atoms with Gasteiger partial charge in [-0.25, -0.2) is 4.79 Å². The Morgan fingerprint density at radius 2 is 2.04 bits per heavy atom. The number of benzene rings is 1. The van der Waals surface area contributed by atoms with Crippen LogP contribution in [0, 0.1) is 5.92 Å². The molecule has 6 heteroatoms. The molecule has 0 saturated carbocycles. The number of nitrogens with zero attached hydrogens (tertiary/aromatic N) is 2. The van der Waals surface area contributed by atoms with Crippen molar-refractivity contribution in [1.29, 1.82) is 0 Å². The SMILES string of the molecule is O=C(NCc1ccc(Cl)cc1Cl)N1CCC(Cc2cccnc2)CC1. The lowest BCUT2D eigenvalue weighted by molar-refractivity contribution is 0.170. The number of carbonyl (C=O) groups excluding carboxylic acids is 1. The van der Waals surface area contributed by atoms with E-state index >= 15 is 0 Å². The topological polar surface area (TPSA) is 45.2 Å². The maximum atomic E-state index is 12.4. The van der Waals surface area contributed by atoms with E-state index in [-0.39, 0.29) is 6.03 Å². The molecule has 2 amide bonds. The number of likely N-dealkylation sites (tertiary alicyclic amines) is 1. The van der Waals surface area contributed by atoms with Crippen molar-refractivity contribution in [3.05, 3.63) is 63.9 Å². The van der Waals surface area contributed by atoms with Crippen LogP contribution in [0.5, 0.6) is 0 Å². The standard InChI is InChI=1S/C19H21Cl2N3O/c20-17-4-3-16(18(21)11-17)13-23-19(25)24-8-5-14(6-9-24)10-15-2-1-7-22-12-15/h1-4,7,11-12,14H,5-6,8-10,13H2,(H,23,25). The molecule has 0 spiro atoms. The van der Waals surface area contributed by atoms with Crippen molar-refractivity contribution >= 4 is 29.2 Å². The van der Waals surface area contributed by atoms with Crippen molar-refractivity contribution in [3.63, 3.8) is 0 Å². The average Bonchev–Trinajstić information content (AvgIpc) is 2.62. The highest BCUT2D eigenvalue weighted by molar-refractivity contribution is 6.35. The summed E-state index contributed by atoms with van der Waals surface area (Å²) in [6.45, 7) is 1.97. The molecular weight excluding hydrogens is 357 g/mol. The summed E-state index contributed by atoms with van der Waals surface area (Å²) in [6.07, 6.45) is 6.79. The number of hydrogen-bond acceptors (Lipinski definition) is 2. The molecule has 1 aliphatic heterocycles. The molecule has 25 heavy (non-hydrogen) atoms. The molecule has 1 aromatic heterocycles. The maximum Gasteiger partial charge on any atom is 0.317 e. The number of hydrogen-bond donors (Lipinski definition) is 1. The van der Waals surface area contributed by atoms with Crippen LogP contribution in [-0.4, -0.2) is 29.0 Å². The Balaban J connectivity index is 1.45. The van der Waals surface area contributed by atoms with Gasteiger partial charge in [0.25, 0.3) is 0 Å². The zero-order valence-electron chi connectivity index (χ0n) is 13.9. The van der Waals surface area contributed by atoms with Crippen LogP contribution in [0.2, 0.25) is 10.0 Å². The summed E-state index contributed by atoms with van der Waals surface area (Å²) in [5, 5.41) is 4.11. The van der Waals surface area contributed by atoms with E-state index in [1.165, 1.54) is 5.56 Å². The average molecular weight is 378 g/mol. The fourth-order valence-electron chi connectivity index (χ4n) is 3.14. The van der Waals surface area contributed by atoms with E-state index in [0.717, 1.165) is 37.9 Å². The Morgan fingerprint density at radius 3 is 2.72 bits per heavy atom. The number of amides is 2. The van der Waals surface area contributed by atoms with Crippen LogP contribution in [0.3, 0.4) is 0 Å². The largest absolute Gasteiger partial charge is 0.334 e. The van der Waals surface area contributed by atoms with Gasteiger partial charge in [0.1, 0.15) is 0 Å². The zero-order chi connectivity index (χ0) is 17.6. The first kappa shape index (κ1) is 18.0. The molecule has 1 N–H and O–H groups in total. The third-order valence-corrected chi connectivity index (χ3v) is 5.18. The molecule has 1 saturated heterocycles. The molecule has 1 aromatic carbocycles. The molecule has 0 atom stereocenters. The number of nitrogens with one attached hydrogen (secondary N) is 1. The van der Waals surface area contributed by atoms with Crippen molar-refractivity contribution in [3.8, 4) is 0 Å². The van der Waals surface area contributed by atoms with Crippen molar-refractivity contribution in [1.82, 2.24) is 15.2 Å². The summed E-state index contributed by atoms with van der Waals surface area (Å²) >= 11 is 12.0. The Hall–Kier alpha value is -1.78. The fourth-order valence-corrected chi connectivity index (χ4v) is 3.62. The van der Waals surface area contributed by atoms with Gasteiger partial charge in [-0.2, -0.15) is 0 Å². The summed E-state index contributed by atoms with van der Waals surface area (Å²) in [5.41, 5.74) is 2.13. The second-order valence-corrected chi connectivity index (χ2v) is 7.23. The van der Waals surface area contributed by atoms with E-state index in [4.69, 9.17) is 23.2 Å². The number of urea groups is 1. The van der Waals surface area contributed by atoms with Crippen molar-refractivity contribution < 1.29 is 4.79 Å². The summed E-state index contributed by atoms with van der Waals surface area (Å²) in [7, 11) is 0. The van der Waals surface area contributed by atoms with Gasteiger partial charge >= 0.3 is 6.03 Å². The molecule has 0 radical (unpaired) electrons. The lowest BCUT2D eigenvalue weighted by Crippen LogP contribution is -2.44. The molecule has 1 fully saturated rings. The Kier molecular flexibility index (Phi) is 6.16. The number of rotatable bonds is 4. The summed E-state index contributed by atoms with van der Waals surface area (Å²) in [6, 6.07) is 9.35. The van der Waals surface area contributed by atoms with E-state index in [9.17, 15) is 4.79 Å². The Labute approximate surface area is 158 Å². The smallest absolute Gasteiger partial charge is 0.317 e. The highest BCUT2D eigenvalue weighted by atomic mass is 35.5. The third kappa shape index (κ3) is 5.10. The first-order valence-electron chi connectivity index (χ1n) is 8.47. The van der Waals surface area contributed by atoms with E-state index in [0.29, 0.717) is 22.5 Å². The molecule has 0 unspecified atom stereocenters. The minimum absolute atomic E-state index is 0.0363. The maximum absolute atomic E-state index is 12.4. The number of halogens is 2. The van der Waals surface area contributed by atoms with Crippen LogP contribution in [0.25, 0.3) is 0 Å². The molecular formula is C19H21Cl2N3O. The quantitative estimate of drug-likeness (QED) is 0.848. The van der Waals surface area contributed by atoms with Crippen molar-refractivity contribution in [2.45, 2.75) is 25.8 Å². The Bertz CT molecular complexity index is 716. The molecule has 4 nitrogen and oxygen atoms in total. The van der Waals surface area contributed by atoms with Gasteiger partial charge in [-0.05, 0) is 54.5 Å². The second-order valence-electron chi connectivity index (χ2n) is 6.39. The highest BCUT2D eigenvalue weighted by Crippen LogP contribution is 2.22. The van der Waals surface area contributed by atoms with Crippen LogP contribution in [-0.2, 0) is 13.0 Å². The van der Waals surface area contributed by atoms with Gasteiger partial charge in [0.2, 0.25) is 0 Å². The number of carbonyl (C=O) groups is 1. The molecule has 132 valence electrons. The summed E-state index contributed by atoms with van der Waals surface area (Å²) in [4.78, 5) is 18.4. The number of aromatic nitrogens is 1. The normalized spacial score (nSPS) is 15.2. The third-order valence-electron chi connectivity index (χ3n) is 4.59. The molecule has 0 aliphatic carbocycles. The van der Waals surface area contributed by atoms with Crippen LogP contribution < -0.4 is 5.32 Å². The van der Waals surface area contributed by atoms with Crippen LogP contribution in [0.1, 0.15) is 24.0 Å². The van der Waals surface area contributed by atoms with Crippen LogP contribution in [0.4, 0.5) is 4.79 Å². The minimum atomic E-state index is -0.0363. The molecule has 1 aliphatic rings. The number of piperidine rings is 1. The predicted molar refractivity (Wildman–Crippen MR) is 101 cm³/mol. The molecule has 2 aromatic rings. The van der Waals surface area contributed by atoms with Crippen LogP contribution in [0.15, 0.2) is 42.7 Å². The second kappa shape index (κ2) is 8.54. The highest BCUT2D eigenvalue weighted by Gasteiger charge is 2.22. The van der Waals surface area contributed by atoms with Gasteiger partial charge in [-0.15, -0.1) is 0 Å². The van der Waals surface area contributed by atoms with Gasteiger partial charge < -0.3 is 10.2 Å². The first-order valence-corrected chi connectivity index (χ1v) is 9.23. The molecule has 2 heterocycles. The van der Waals surface area contributed by atoms with Gasteiger partial charge in [0.05, 0.1) is 0 Å². The Morgan fingerprint density at radius 1 is 1.24 bits per heavy atom. The summed E-state index contributed by atoms with van der Waals surface area (Å²) in [5.74, 6) is 0.610. The molecule has 3 rings (SSSR count). The van der Waals surface area contributed by atoms with Gasteiger partial charge in [0, 0.05) is 42.1 Å².